The Morgan fingerprint density at radius 3 is 2.73 bits per heavy atom. The summed E-state index contributed by atoms with van der Waals surface area (Å²) < 4.78 is 54.5. The molecular formula is C20H24F3NO6. The van der Waals surface area contributed by atoms with E-state index in [1.165, 1.54) is 5.56 Å². The first-order valence-electron chi connectivity index (χ1n) is 9.56. The molecule has 0 radical (unpaired) electrons. The van der Waals surface area contributed by atoms with Crippen LogP contribution in [0.3, 0.4) is 0 Å². The van der Waals surface area contributed by atoms with Crippen molar-refractivity contribution in [3.8, 4) is 11.5 Å². The van der Waals surface area contributed by atoms with Gasteiger partial charge < -0.3 is 24.1 Å². The van der Waals surface area contributed by atoms with E-state index in [1.54, 1.807) is 6.08 Å². The Morgan fingerprint density at radius 1 is 1.30 bits per heavy atom. The highest BCUT2D eigenvalue weighted by Gasteiger charge is 2.43. The first-order chi connectivity index (χ1) is 14.3. The van der Waals surface area contributed by atoms with Crippen LogP contribution in [0.1, 0.15) is 18.4 Å². The van der Waals surface area contributed by atoms with Crippen molar-refractivity contribution in [1.29, 1.82) is 0 Å². The van der Waals surface area contributed by atoms with E-state index in [9.17, 15) is 13.2 Å². The summed E-state index contributed by atoms with van der Waals surface area (Å²) in [5.41, 5.74) is 1.25. The van der Waals surface area contributed by atoms with Gasteiger partial charge in [0.2, 0.25) is 6.79 Å². The number of hydrogen-bond donors (Lipinski definition) is 1. The second-order valence-corrected chi connectivity index (χ2v) is 7.10. The SMILES string of the molecule is C=CCO[C@H]1CC[C@H]2[C@@H]1OCCN2Cc1ccc2c(c1)OCO2.O=C(O)C(F)(F)F. The molecule has 4 rings (SSSR count). The van der Waals surface area contributed by atoms with Crippen LogP contribution in [0.5, 0.6) is 11.5 Å². The molecule has 1 aromatic carbocycles. The van der Waals surface area contributed by atoms with Crippen molar-refractivity contribution in [3.63, 3.8) is 0 Å². The Labute approximate surface area is 172 Å². The van der Waals surface area contributed by atoms with Gasteiger partial charge in [-0.3, -0.25) is 4.90 Å². The number of hydrogen-bond acceptors (Lipinski definition) is 6. The molecule has 0 unspecified atom stereocenters. The minimum Gasteiger partial charge on any atom is -0.475 e. The average molecular weight is 431 g/mol. The number of carboxylic acids is 1. The van der Waals surface area contributed by atoms with Crippen molar-refractivity contribution in [2.24, 2.45) is 0 Å². The van der Waals surface area contributed by atoms with Crippen molar-refractivity contribution in [3.05, 3.63) is 36.4 Å². The van der Waals surface area contributed by atoms with E-state index in [0.29, 0.717) is 19.4 Å². The smallest absolute Gasteiger partial charge is 0.475 e. The highest BCUT2D eigenvalue weighted by molar-refractivity contribution is 5.73. The first kappa shape index (κ1) is 22.4. The van der Waals surface area contributed by atoms with E-state index in [1.807, 2.05) is 6.07 Å². The van der Waals surface area contributed by atoms with Crippen LogP contribution in [0.4, 0.5) is 13.2 Å². The largest absolute Gasteiger partial charge is 0.490 e. The van der Waals surface area contributed by atoms with Gasteiger partial charge in [-0.1, -0.05) is 12.1 Å². The summed E-state index contributed by atoms with van der Waals surface area (Å²) in [6, 6.07) is 6.65. The van der Waals surface area contributed by atoms with Crippen molar-refractivity contribution in [1.82, 2.24) is 4.90 Å². The molecule has 0 bridgehead atoms. The number of ether oxygens (including phenoxy) is 4. The zero-order valence-corrected chi connectivity index (χ0v) is 16.3. The lowest BCUT2D eigenvalue weighted by Crippen LogP contribution is -2.51. The summed E-state index contributed by atoms with van der Waals surface area (Å²) in [4.78, 5) is 11.4. The summed E-state index contributed by atoms with van der Waals surface area (Å²) >= 11 is 0. The third-order valence-corrected chi connectivity index (χ3v) is 5.14. The number of morpholine rings is 1. The lowest BCUT2D eigenvalue weighted by molar-refractivity contribution is -0.192. The maximum Gasteiger partial charge on any atom is 0.490 e. The molecule has 3 atom stereocenters. The normalized spacial score (nSPS) is 25.2. The van der Waals surface area contributed by atoms with Crippen LogP contribution in [0.15, 0.2) is 30.9 Å². The molecule has 166 valence electrons. The fraction of sp³-hybridized carbons (Fsp3) is 0.550. The van der Waals surface area contributed by atoms with Gasteiger partial charge >= 0.3 is 12.1 Å². The van der Waals surface area contributed by atoms with Gasteiger partial charge in [-0.05, 0) is 30.5 Å². The summed E-state index contributed by atoms with van der Waals surface area (Å²) in [5, 5.41) is 7.12. The number of carboxylic acid groups (broad SMARTS) is 1. The quantitative estimate of drug-likeness (QED) is 0.719. The average Bonchev–Trinajstić information content (AvgIpc) is 3.33. The van der Waals surface area contributed by atoms with Gasteiger partial charge in [0.25, 0.3) is 0 Å². The van der Waals surface area contributed by atoms with Crippen LogP contribution >= 0.6 is 0 Å². The summed E-state index contributed by atoms with van der Waals surface area (Å²) in [6.45, 7) is 7.28. The van der Waals surface area contributed by atoms with Gasteiger partial charge in [0.15, 0.2) is 11.5 Å². The highest BCUT2D eigenvalue weighted by atomic mass is 19.4. The molecule has 0 amide bonds. The zero-order chi connectivity index (χ0) is 21.7. The Kier molecular flexibility index (Phi) is 7.22. The topological polar surface area (TPSA) is 77.5 Å². The molecule has 2 heterocycles. The second-order valence-electron chi connectivity index (χ2n) is 7.10. The van der Waals surface area contributed by atoms with Crippen LogP contribution in [0.2, 0.25) is 0 Å². The fourth-order valence-corrected chi connectivity index (χ4v) is 3.83. The predicted molar refractivity (Wildman–Crippen MR) is 99.4 cm³/mol. The van der Waals surface area contributed by atoms with Gasteiger partial charge in [-0.25, -0.2) is 4.79 Å². The van der Waals surface area contributed by atoms with E-state index in [4.69, 9.17) is 28.8 Å². The van der Waals surface area contributed by atoms with Crippen molar-refractivity contribution in [2.75, 3.05) is 26.6 Å². The van der Waals surface area contributed by atoms with Gasteiger partial charge in [-0.2, -0.15) is 13.2 Å². The molecule has 1 aliphatic carbocycles. The van der Waals surface area contributed by atoms with Crippen LogP contribution < -0.4 is 9.47 Å². The maximum absolute atomic E-state index is 10.6. The van der Waals surface area contributed by atoms with Gasteiger partial charge in [-0.15, -0.1) is 6.58 Å². The maximum atomic E-state index is 10.6. The van der Waals surface area contributed by atoms with Crippen LogP contribution in [0, 0.1) is 0 Å². The van der Waals surface area contributed by atoms with E-state index in [-0.39, 0.29) is 12.2 Å². The fourth-order valence-electron chi connectivity index (χ4n) is 3.83. The standard InChI is InChI=1S/C18H23NO4.C2HF3O2/c1-2-8-20-16-6-4-14-18(16)21-9-7-19(14)11-13-3-5-15-17(10-13)23-12-22-15;3-2(4,5)1(6)7/h2-3,5,10,14,16,18H,1,4,6-9,11-12H2;(H,6,7)/t14-,16-,18-;/m0./s1. The molecule has 10 heteroatoms. The highest BCUT2D eigenvalue weighted by Crippen LogP contribution is 2.35. The molecule has 0 aromatic heterocycles. The molecule has 1 saturated carbocycles. The number of alkyl halides is 3. The van der Waals surface area contributed by atoms with Crippen LogP contribution in [-0.2, 0) is 20.8 Å². The zero-order valence-electron chi connectivity index (χ0n) is 16.3. The molecule has 1 aromatic rings. The van der Waals surface area contributed by atoms with E-state index in [0.717, 1.165) is 44.0 Å². The van der Waals surface area contributed by atoms with E-state index >= 15 is 0 Å². The summed E-state index contributed by atoms with van der Waals surface area (Å²) in [7, 11) is 0. The Balaban J connectivity index is 0.000000318. The van der Waals surface area contributed by atoms with Crippen molar-refractivity contribution >= 4 is 5.97 Å². The van der Waals surface area contributed by atoms with Crippen LogP contribution in [-0.4, -0.2) is 67.0 Å². The monoisotopic (exact) mass is 431 g/mol. The Morgan fingerprint density at radius 2 is 2.03 bits per heavy atom. The van der Waals surface area contributed by atoms with Gasteiger partial charge in [0.1, 0.15) is 0 Å². The number of nitrogens with zero attached hydrogens (tertiary/aromatic N) is 1. The number of carbonyl (C=O) groups is 1. The molecular weight excluding hydrogens is 407 g/mol. The lowest BCUT2D eigenvalue weighted by Gasteiger charge is -2.39. The minimum absolute atomic E-state index is 0.178. The third kappa shape index (κ3) is 5.44. The van der Waals surface area contributed by atoms with Gasteiger partial charge in [0.05, 0.1) is 25.4 Å². The number of aliphatic carboxylic acids is 1. The lowest BCUT2D eigenvalue weighted by atomic mass is 10.1. The second kappa shape index (κ2) is 9.67. The molecule has 1 N–H and O–H groups in total. The number of benzene rings is 1. The molecule has 30 heavy (non-hydrogen) atoms. The van der Waals surface area contributed by atoms with E-state index in [2.05, 4.69) is 23.6 Å². The molecule has 1 saturated heterocycles. The molecule has 3 aliphatic rings. The molecule has 7 nitrogen and oxygen atoms in total. The molecule has 0 spiro atoms. The van der Waals surface area contributed by atoms with Crippen molar-refractivity contribution < 1.29 is 42.0 Å². The molecule has 2 fully saturated rings. The first-order valence-corrected chi connectivity index (χ1v) is 9.56. The predicted octanol–water partition coefficient (Wildman–Crippen LogP) is 2.98. The van der Waals surface area contributed by atoms with Crippen LogP contribution in [0.25, 0.3) is 0 Å². The summed E-state index contributed by atoms with van der Waals surface area (Å²) in [5.74, 6) is -1.06. The number of halogens is 3. The number of fused-ring (bicyclic) bond motifs is 2. The number of rotatable bonds is 5. The van der Waals surface area contributed by atoms with Crippen molar-refractivity contribution in [2.45, 2.75) is 43.8 Å². The Bertz CT molecular complexity index is 757. The van der Waals surface area contributed by atoms with Gasteiger partial charge in [0, 0.05) is 19.1 Å². The molecule has 2 aliphatic heterocycles. The van der Waals surface area contributed by atoms with E-state index < -0.39 is 12.1 Å². The minimum atomic E-state index is -5.08. The Hall–Kier alpha value is -2.30. The third-order valence-electron chi connectivity index (χ3n) is 5.14. The summed E-state index contributed by atoms with van der Waals surface area (Å²) in [6.07, 6.45) is -0.728.